The van der Waals surface area contributed by atoms with E-state index in [0.29, 0.717) is 0 Å². The first kappa shape index (κ1) is 11.7. The fraction of sp³-hybridized carbons (Fsp3) is 0.222. The summed E-state index contributed by atoms with van der Waals surface area (Å²) in [4.78, 5) is 10.5. The SMILES string of the molecule is NC(Cc1c(F)cc(O)cc1Cl)C(=O)O. The number of hydrogen-bond acceptors (Lipinski definition) is 3. The molecule has 0 bridgehead atoms. The van der Waals surface area contributed by atoms with Crippen LogP contribution in [0.5, 0.6) is 5.75 Å². The molecule has 1 aromatic rings. The fourth-order valence-corrected chi connectivity index (χ4v) is 1.37. The lowest BCUT2D eigenvalue weighted by Gasteiger charge is -2.09. The summed E-state index contributed by atoms with van der Waals surface area (Å²) in [5.41, 5.74) is 5.23. The second-order valence-corrected chi connectivity index (χ2v) is 3.44. The number of halogens is 2. The number of benzene rings is 1. The average Bonchev–Trinajstić information content (AvgIpc) is 2.10. The minimum Gasteiger partial charge on any atom is -0.508 e. The van der Waals surface area contributed by atoms with Crippen LogP contribution in [0.4, 0.5) is 4.39 Å². The Morgan fingerprint density at radius 2 is 2.20 bits per heavy atom. The molecule has 0 saturated carbocycles. The van der Waals surface area contributed by atoms with Crippen molar-refractivity contribution in [1.29, 1.82) is 0 Å². The maximum absolute atomic E-state index is 13.2. The highest BCUT2D eigenvalue weighted by Gasteiger charge is 2.17. The van der Waals surface area contributed by atoms with Gasteiger partial charge in [-0.1, -0.05) is 11.6 Å². The van der Waals surface area contributed by atoms with Crippen molar-refractivity contribution in [2.75, 3.05) is 0 Å². The highest BCUT2D eigenvalue weighted by molar-refractivity contribution is 6.31. The molecule has 0 spiro atoms. The van der Waals surface area contributed by atoms with Crippen molar-refractivity contribution in [3.63, 3.8) is 0 Å². The van der Waals surface area contributed by atoms with E-state index < -0.39 is 17.8 Å². The molecule has 82 valence electrons. The van der Waals surface area contributed by atoms with Crippen LogP contribution in [-0.4, -0.2) is 22.2 Å². The van der Waals surface area contributed by atoms with Crippen LogP contribution in [0.2, 0.25) is 5.02 Å². The van der Waals surface area contributed by atoms with Crippen molar-refractivity contribution >= 4 is 17.6 Å². The van der Waals surface area contributed by atoms with Gasteiger partial charge in [-0.25, -0.2) is 4.39 Å². The summed E-state index contributed by atoms with van der Waals surface area (Å²) in [5, 5.41) is 17.5. The zero-order chi connectivity index (χ0) is 11.6. The molecule has 0 aliphatic carbocycles. The first-order valence-corrected chi connectivity index (χ1v) is 4.45. The van der Waals surface area contributed by atoms with Gasteiger partial charge in [0.1, 0.15) is 17.6 Å². The van der Waals surface area contributed by atoms with Crippen molar-refractivity contribution in [3.05, 3.63) is 28.5 Å². The van der Waals surface area contributed by atoms with Crippen LogP contribution in [0.3, 0.4) is 0 Å². The third-order valence-corrected chi connectivity index (χ3v) is 2.20. The van der Waals surface area contributed by atoms with E-state index in [1.807, 2.05) is 0 Å². The third kappa shape index (κ3) is 2.81. The number of aliphatic carboxylic acids is 1. The van der Waals surface area contributed by atoms with Gasteiger partial charge in [0.15, 0.2) is 0 Å². The van der Waals surface area contributed by atoms with Gasteiger partial charge in [0.05, 0.1) is 5.02 Å². The number of aromatic hydroxyl groups is 1. The van der Waals surface area contributed by atoms with Crippen molar-refractivity contribution in [2.24, 2.45) is 5.73 Å². The maximum atomic E-state index is 13.2. The molecule has 4 nitrogen and oxygen atoms in total. The molecule has 1 atom stereocenters. The average molecular weight is 234 g/mol. The molecule has 15 heavy (non-hydrogen) atoms. The van der Waals surface area contributed by atoms with E-state index in [1.54, 1.807) is 0 Å². The third-order valence-electron chi connectivity index (χ3n) is 1.87. The van der Waals surface area contributed by atoms with Crippen LogP contribution in [0.15, 0.2) is 12.1 Å². The Kier molecular flexibility index (Phi) is 3.49. The van der Waals surface area contributed by atoms with Gasteiger partial charge in [0, 0.05) is 18.1 Å². The molecule has 4 N–H and O–H groups in total. The van der Waals surface area contributed by atoms with E-state index in [2.05, 4.69) is 0 Å². The topological polar surface area (TPSA) is 83.5 Å². The molecule has 0 heterocycles. The van der Waals surface area contributed by atoms with Crippen molar-refractivity contribution in [2.45, 2.75) is 12.5 Å². The number of carboxylic acid groups (broad SMARTS) is 1. The van der Waals surface area contributed by atoms with Gasteiger partial charge in [0.2, 0.25) is 0 Å². The second-order valence-electron chi connectivity index (χ2n) is 3.04. The van der Waals surface area contributed by atoms with E-state index >= 15 is 0 Å². The number of hydrogen-bond donors (Lipinski definition) is 3. The molecule has 0 fully saturated rings. The maximum Gasteiger partial charge on any atom is 0.320 e. The van der Waals surface area contributed by atoms with E-state index in [9.17, 15) is 9.18 Å². The van der Waals surface area contributed by atoms with E-state index in [4.69, 9.17) is 27.5 Å². The van der Waals surface area contributed by atoms with Crippen LogP contribution in [0, 0.1) is 5.82 Å². The highest BCUT2D eigenvalue weighted by Crippen LogP contribution is 2.25. The zero-order valence-electron chi connectivity index (χ0n) is 7.58. The minimum absolute atomic E-state index is 0.00985. The van der Waals surface area contributed by atoms with Gasteiger partial charge in [-0.3, -0.25) is 4.79 Å². The second kappa shape index (κ2) is 4.46. The molecular formula is C9H9ClFNO3. The summed E-state index contributed by atoms with van der Waals surface area (Å²) in [6.45, 7) is 0. The number of carbonyl (C=O) groups is 1. The monoisotopic (exact) mass is 233 g/mol. The Labute approximate surface area is 90.1 Å². The van der Waals surface area contributed by atoms with Gasteiger partial charge >= 0.3 is 5.97 Å². The molecular weight excluding hydrogens is 225 g/mol. The lowest BCUT2D eigenvalue weighted by Crippen LogP contribution is -2.32. The minimum atomic E-state index is -1.24. The van der Waals surface area contributed by atoms with E-state index in [-0.39, 0.29) is 22.8 Å². The normalized spacial score (nSPS) is 12.5. The number of phenolic OH excluding ortho intramolecular Hbond substituents is 1. The van der Waals surface area contributed by atoms with Crippen LogP contribution >= 0.6 is 11.6 Å². The standard InChI is InChI=1S/C9H9ClFNO3/c10-6-1-4(13)2-7(11)5(6)3-8(12)9(14)15/h1-2,8,13H,3,12H2,(H,14,15). The Morgan fingerprint density at radius 1 is 1.60 bits per heavy atom. The van der Waals surface area contributed by atoms with Gasteiger partial charge < -0.3 is 15.9 Å². The van der Waals surface area contributed by atoms with Gasteiger partial charge in [-0.05, 0) is 6.07 Å². The fourth-order valence-electron chi connectivity index (χ4n) is 1.09. The Bertz CT molecular complexity index is 374. The number of nitrogens with two attached hydrogens (primary N) is 1. The van der Waals surface area contributed by atoms with Gasteiger partial charge in [-0.2, -0.15) is 0 Å². The van der Waals surface area contributed by atoms with Crippen molar-refractivity contribution in [3.8, 4) is 5.75 Å². The Hall–Kier alpha value is -1.33. The zero-order valence-corrected chi connectivity index (χ0v) is 8.33. The molecule has 1 rings (SSSR count). The summed E-state index contributed by atoms with van der Waals surface area (Å²) in [6, 6.07) is 0.770. The summed E-state index contributed by atoms with van der Waals surface area (Å²) in [7, 11) is 0. The van der Waals surface area contributed by atoms with Gasteiger partial charge in [0.25, 0.3) is 0 Å². The Balaban J connectivity index is 3.00. The van der Waals surface area contributed by atoms with Crippen molar-refractivity contribution < 1.29 is 19.4 Å². The largest absolute Gasteiger partial charge is 0.508 e. The first-order chi connectivity index (χ1) is 6.91. The smallest absolute Gasteiger partial charge is 0.320 e. The molecule has 0 amide bonds. The van der Waals surface area contributed by atoms with Crippen LogP contribution in [0.25, 0.3) is 0 Å². The summed E-state index contributed by atoms with van der Waals surface area (Å²) in [6.07, 6.45) is -0.222. The molecule has 1 aromatic carbocycles. The van der Waals surface area contributed by atoms with Crippen molar-refractivity contribution in [1.82, 2.24) is 0 Å². The van der Waals surface area contributed by atoms with Crippen LogP contribution in [0.1, 0.15) is 5.56 Å². The summed E-state index contributed by atoms with van der Waals surface area (Å²) in [5.74, 6) is -2.32. The predicted octanol–water partition coefficient (Wildman–Crippen LogP) is 1.14. The quantitative estimate of drug-likeness (QED) is 0.731. The summed E-state index contributed by atoms with van der Waals surface area (Å²) >= 11 is 5.64. The Morgan fingerprint density at radius 3 is 2.67 bits per heavy atom. The lowest BCUT2D eigenvalue weighted by atomic mass is 10.1. The highest BCUT2D eigenvalue weighted by atomic mass is 35.5. The van der Waals surface area contributed by atoms with Crippen LogP contribution in [-0.2, 0) is 11.2 Å². The van der Waals surface area contributed by atoms with Gasteiger partial charge in [-0.15, -0.1) is 0 Å². The first-order valence-electron chi connectivity index (χ1n) is 4.07. The number of rotatable bonds is 3. The van der Waals surface area contributed by atoms with E-state index in [0.717, 1.165) is 12.1 Å². The van der Waals surface area contributed by atoms with Crippen LogP contribution < -0.4 is 5.73 Å². The van der Waals surface area contributed by atoms with E-state index in [1.165, 1.54) is 0 Å². The molecule has 1 unspecified atom stereocenters. The lowest BCUT2D eigenvalue weighted by molar-refractivity contribution is -0.138. The summed E-state index contributed by atoms with van der Waals surface area (Å²) < 4.78 is 13.2. The predicted molar refractivity (Wildman–Crippen MR) is 52.4 cm³/mol. The molecule has 0 aromatic heterocycles. The molecule has 0 radical (unpaired) electrons. The molecule has 6 heteroatoms. The number of carboxylic acids is 1. The number of phenols is 1. The molecule has 0 saturated heterocycles. The molecule has 0 aliphatic rings. The molecule has 0 aliphatic heterocycles.